The standard InChI is InChI=1S/C12H14ClF3N4/c1-11(2,7-13)19(3)10-8-6-9(12(14,15)16)18-20(8)5-4-17-10/h4-6H,7H2,1-3H3. The molecule has 4 nitrogen and oxygen atoms in total. The molecular weight excluding hydrogens is 293 g/mol. The molecule has 0 aliphatic heterocycles. The third-order valence-electron chi connectivity index (χ3n) is 3.21. The molecule has 0 saturated carbocycles. The van der Waals surface area contributed by atoms with Crippen molar-refractivity contribution in [3.8, 4) is 0 Å². The third-order valence-corrected chi connectivity index (χ3v) is 3.87. The maximum absolute atomic E-state index is 12.7. The molecule has 0 amide bonds. The van der Waals surface area contributed by atoms with Crippen LogP contribution in [0.25, 0.3) is 5.52 Å². The summed E-state index contributed by atoms with van der Waals surface area (Å²) in [5.74, 6) is 0.716. The fourth-order valence-electron chi connectivity index (χ4n) is 1.68. The number of aromatic nitrogens is 3. The van der Waals surface area contributed by atoms with Gasteiger partial charge >= 0.3 is 6.18 Å². The monoisotopic (exact) mass is 306 g/mol. The second kappa shape index (κ2) is 4.80. The summed E-state index contributed by atoms with van der Waals surface area (Å²) in [7, 11) is 1.74. The minimum Gasteiger partial charge on any atom is -0.352 e. The van der Waals surface area contributed by atoms with E-state index < -0.39 is 17.4 Å². The number of halogens is 4. The van der Waals surface area contributed by atoms with Gasteiger partial charge in [-0.3, -0.25) is 0 Å². The lowest BCUT2D eigenvalue weighted by Gasteiger charge is -2.35. The lowest BCUT2D eigenvalue weighted by atomic mass is 10.1. The number of anilines is 1. The molecule has 0 aromatic carbocycles. The van der Waals surface area contributed by atoms with Crippen molar-refractivity contribution < 1.29 is 13.2 Å². The highest BCUT2D eigenvalue weighted by atomic mass is 35.5. The van der Waals surface area contributed by atoms with Gasteiger partial charge in [0.05, 0.1) is 0 Å². The third kappa shape index (κ3) is 2.54. The highest BCUT2D eigenvalue weighted by molar-refractivity contribution is 6.18. The lowest BCUT2D eigenvalue weighted by Crippen LogP contribution is -2.43. The maximum Gasteiger partial charge on any atom is 0.435 e. The molecule has 0 unspecified atom stereocenters. The van der Waals surface area contributed by atoms with Crippen LogP contribution in [-0.4, -0.2) is 33.1 Å². The fraction of sp³-hybridized carbons (Fsp3) is 0.500. The van der Waals surface area contributed by atoms with Gasteiger partial charge in [0.1, 0.15) is 5.52 Å². The smallest absolute Gasteiger partial charge is 0.352 e. The highest BCUT2D eigenvalue weighted by Gasteiger charge is 2.35. The van der Waals surface area contributed by atoms with E-state index in [9.17, 15) is 13.2 Å². The molecule has 0 fully saturated rings. The first-order chi connectivity index (χ1) is 9.16. The molecule has 2 rings (SSSR count). The maximum atomic E-state index is 12.7. The summed E-state index contributed by atoms with van der Waals surface area (Å²) in [5, 5.41) is 3.53. The van der Waals surface area contributed by atoms with Crippen molar-refractivity contribution >= 4 is 22.9 Å². The van der Waals surface area contributed by atoms with Gasteiger partial charge in [-0.2, -0.15) is 18.3 Å². The molecule has 2 aromatic rings. The van der Waals surface area contributed by atoms with E-state index in [1.54, 1.807) is 11.9 Å². The number of alkyl halides is 4. The average molecular weight is 307 g/mol. The molecule has 20 heavy (non-hydrogen) atoms. The van der Waals surface area contributed by atoms with E-state index >= 15 is 0 Å². The van der Waals surface area contributed by atoms with Gasteiger partial charge in [-0.25, -0.2) is 9.50 Å². The minimum atomic E-state index is -4.48. The Morgan fingerprint density at radius 1 is 1.35 bits per heavy atom. The van der Waals surface area contributed by atoms with Crippen molar-refractivity contribution in [3.05, 3.63) is 24.2 Å². The Balaban J connectivity index is 2.58. The molecule has 0 spiro atoms. The first-order valence-corrected chi connectivity index (χ1v) is 6.41. The Hall–Kier alpha value is -1.50. The van der Waals surface area contributed by atoms with E-state index in [-0.39, 0.29) is 0 Å². The predicted molar refractivity (Wildman–Crippen MR) is 71.2 cm³/mol. The van der Waals surface area contributed by atoms with Crippen molar-refractivity contribution in [2.75, 3.05) is 17.8 Å². The molecule has 0 aliphatic rings. The van der Waals surface area contributed by atoms with Crippen LogP contribution in [0, 0.1) is 0 Å². The van der Waals surface area contributed by atoms with Gasteiger partial charge in [0, 0.05) is 36.9 Å². The minimum absolute atomic E-state index is 0.292. The molecule has 0 N–H and O–H groups in total. The molecule has 0 aliphatic carbocycles. The molecule has 2 heterocycles. The Morgan fingerprint density at radius 3 is 2.55 bits per heavy atom. The quantitative estimate of drug-likeness (QED) is 0.817. The summed E-state index contributed by atoms with van der Waals surface area (Å²) < 4.78 is 39.4. The molecule has 0 bridgehead atoms. The first kappa shape index (κ1) is 14.9. The molecule has 0 radical (unpaired) electrons. The van der Waals surface area contributed by atoms with Gasteiger partial charge in [0.15, 0.2) is 11.5 Å². The number of hydrogen-bond donors (Lipinski definition) is 0. The Bertz CT molecular complexity index is 621. The summed E-state index contributed by atoms with van der Waals surface area (Å²) in [6.45, 7) is 3.76. The van der Waals surface area contributed by atoms with Crippen molar-refractivity contribution in [3.63, 3.8) is 0 Å². The number of rotatable bonds is 3. The number of fused-ring (bicyclic) bond motifs is 1. The van der Waals surface area contributed by atoms with Crippen LogP contribution in [0.4, 0.5) is 19.0 Å². The van der Waals surface area contributed by atoms with Gasteiger partial charge in [-0.15, -0.1) is 11.6 Å². The highest BCUT2D eigenvalue weighted by Crippen LogP contribution is 2.32. The van der Waals surface area contributed by atoms with Crippen molar-refractivity contribution in [1.29, 1.82) is 0 Å². The second-order valence-electron chi connectivity index (χ2n) is 5.11. The van der Waals surface area contributed by atoms with Crippen LogP contribution in [0.15, 0.2) is 18.5 Å². The van der Waals surface area contributed by atoms with Gasteiger partial charge in [-0.05, 0) is 13.8 Å². The zero-order valence-electron chi connectivity index (χ0n) is 11.2. The molecular formula is C12H14ClF3N4. The van der Waals surface area contributed by atoms with Crippen LogP contribution in [0.1, 0.15) is 19.5 Å². The topological polar surface area (TPSA) is 33.4 Å². The van der Waals surface area contributed by atoms with Crippen LogP contribution < -0.4 is 4.90 Å². The normalized spacial score (nSPS) is 12.9. The van der Waals surface area contributed by atoms with Crippen molar-refractivity contribution in [1.82, 2.24) is 14.6 Å². The molecule has 0 saturated heterocycles. The van der Waals surface area contributed by atoms with Gasteiger partial charge in [0.25, 0.3) is 0 Å². The van der Waals surface area contributed by atoms with Gasteiger partial charge < -0.3 is 4.90 Å². The Labute approximate surface area is 119 Å². The summed E-state index contributed by atoms with van der Waals surface area (Å²) in [6.07, 6.45) is -1.68. The number of hydrogen-bond acceptors (Lipinski definition) is 3. The lowest BCUT2D eigenvalue weighted by molar-refractivity contribution is -0.141. The summed E-state index contributed by atoms with van der Waals surface area (Å²) in [5.41, 5.74) is -1.09. The van der Waals surface area contributed by atoms with E-state index in [4.69, 9.17) is 11.6 Å². The molecule has 0 atom stereocenters. The van der Waals surface area contributed by atoms with Crippen molar-refractivity contribution in [2.24, 2.45) is 0 Å². The van der Waals surface area contributed by atoms with E-state index in [1.807, 2.05) is 13.8 Å². The van der Waals surface area contributed by atoms with E-state index in [0.29, 0.717) is 17.2 Å². The molecule has 8 heteroatoms. The predicted octanol–water partition coefficient (Wildman–Crippen LogP) is 3.20. The van der Waals surface area contributed by atoms with Crippen LogP contribution in [0.5, 0.6) is 0 Å². The summed E-state index contributed by atoms with van der Waals surface area (Å²) in [6, 6.07) is 0.989. The van der Waals surface area contributed by atoms with Crippen LogP contribution in [0.3, 0.4) is 0 Å². The Morgan fingerprint density at radius 2 is 2.00 bits per heavy atom. The SMILES string of the molecule is CN(c1nccn2nc(C(F)(F)F)cc12)C(C)(C)CCl. The Kier molecular flexibility index (Phi) is 3.58. The van der Waals surface area contributed by atoms with Crippen LogP contribution in [0.2, 0.25) is 0 Å². The number of nitrogens with zero attached hydrogens (tertiary/aromatic N) is 4. The fourth-order valence-corrected chi connectivity index (χ4v) is 1.86. The van der Waals surface area contributed by atoms with Crippen LogP contribution >= 0.6 is 11.6 Å². The average Bonchev–Trinajstić information content (AvgIpc) is 2.81. The largest absolute Gasteiger partial charge is 0.435 e. The van der Waals surface area contributed by atoms with E-state index in [1.165, 1.54) is 16.9 Å². The molecule has 110 valence electrons. The summed E-state index contributed by atoms with van der Waals surface area (Å²) >= 11 is 5.90. The van der Waals surface area contributed by atoms with E-state index in [2.05, 4.69) is 10.1 Å². The zero-order valence-corrected chi connectivity index (χ0v) is 12.0. The first-order valence-electron chi connectivity index (χ1n) is 5.88. The van der Waals surface area contributed by atoms with Crippen LogP contribution in [-0.2, 0) is 6.18 Å². The zero-order chi connectivity index (χ0) is 15.1. The summed E-state index contributed by atoms with van der Waals surface area (Å²) in [4.78, 5) is 5.90. The van der Waals surface area contributed by atoms with Gasteiger partial charge in [0.2, 0.25) is 0 Å². The van der Waals surface area contributed by atoms with Gasteiger partial charge in [-0.1, -0.05) is 0 Å². The molecule has 2 aromatic heterocycles. The van der Waals surface area contributed by atoms with Crippen molar-refractivity contribution in [2.45, 2.75) is 25.6 Å². The second-order valence-corrected chi connectivity index (χ2v) is 5.38. The van der Waals surface area contributed by atoms with E-state index in [0.717, 1.165) is 6.07 Å².